The summed E-state index contributed by atoms with van der Waals surface area (Å²) in [6, 6.07) is 0. The van der Waals surface area contributed by atoms with E-state index in [0.29, 0.717) is 24.3 Å². The summed E-state index contributed by atoms with van der Waals surface area (Å²) in [4.78, 5) is 11.3. The Bertz CT molecular complexity index is 799. The molecular weight excluding hydrogens is 390 g/mol. The van der Waals surface area contributed by atoms with Gasteiger partial charge in [0.2, 0.25) is 5.70 Å². The molecule has 1 aromatic carbocycles. The third kappa shape index (κ3) is 6.72. The lowest BCUT2D eigenvalue weighted by Crippen LogP contribution is -2.37. The van der Waals surface area contributed by atoms with E-state index in [2.05, 4.69) is 13.8 Å². The molecule has 0 saturated heterocycles. The molecule has 0 spiro atoms. The van der Waals surface area contributed by atoms with Crippen LogP contribution in [0.3, 0.4) is 0 Å². The maximum absolute atomic E-state index is 11.5. The van der Waals surface area contributed by atoms with Gasteiger partial charge in [-0.1, -0.05) is 45.4 Å². The predicted molar refractivity (Wildman–Crippen MR) is 127 cm³/mol. The van der Waals surface area contributed by atoms with E-state index in [0.717, 1.165) is 60.1 Å². The Morgan fingerprint density at radius 1 is 1.10 bits per heavy atom. The normalized spacial score (nSPS) is 18.5. The lowest BCUT2D eigenvalue weighted by molar-refractivity contribution is -0.428. The van der Waals surface area contributed by atoms with Crippen LogP contribution in [0.4, 0.5) is 0 Å². The van der Waals surface area contributed by atoms with Crippen LogP contribution < -0.4 is 4.74 Å². The van der Waals surface area contributed by atoms with Crippen molar-refractivity contribution in [1.82, 2.24) is 0 Å². The van der Waals surface area contributed by atoms with Crippen LogP contribution in [-0.4, -0.2) is 15.6 Å². The minimum atomic E-state index is -0.342. The van der Waals surface area contributed by atoms with Gasteiger partial charge < -0.3 is 9.84 Å². The van der Waals surface area contributed by atoms with Crippen LogP contribution in [0, 0.1) is 30.9 Å². The Hall–Kier alpha value is -2.04. The molecule has 0 radical (unpaired) electrons. The van der Waals surface area contributed by atoms with Crippen LogP contribution in [-0.2, 0) is 6.42 Å². The monoisotopic (exact) mass is 431 g/mol. The van der Waals surface area contributed by atoms with Crippen LogP contribution in [0.25, 0.3) is 0 Å². The van der Waals surface area contributed by atoms with Gasteiger partial charge in [-0.25, -0.2) is 0 Å². The summed E-state index contributed by atoms with van der Waals surface area (Å²) in [6.07, 6.45) is 13.6. The zero-order valence-corrected chi connectivity index (χ0v) is 20.2. The van der Waals surface area contributed by atoms with Gasteiger partial charge in [-0.05, 0) is 82.6 Å². The van der Waals surface area contributed by atoms with Crippen molar-refractivity contribution >= 4 is 0 Å². The van der Waals surface area contributed by atoms with Crippen LogP contribution >= 0.6 is 0 Å². The van der Waals surface area contributed by atoms with Crippen molar-refractivity contribution in [1.29, 1.82) is 0 Å². The Balaban J connectivity index is 1.92. The fourth-order valence-corrected chi connectivity index (χ4v) is 4.55. The van der Waals surface area contributed by atoms with Gasteiger partial charge in [0.25, 0.3) is 0 Å². The van der Waals surface area contributed by atoms with Crippen molar-refractivity contribution in [3.8, 4) is 11.5 Å². The number of hydrogen-bond donors (Lipinski definition) is 1. The zero-order chi connectivity index (χ0) is 23.0. The molecule has 0 amide bonds. The van der Waals surface area contributed by atoms with Gasteiger partial charge in [0.05, 0.1) is 4.92 Å². The van der Waals surface area contributed by atoms with E-state index in [1.807, 2.05) is 20.8 Å². The zero-order valence-electron chi connectivity index (χ0n) is 20.2. The topological polar surface area (TPSA) is 72.6 Å². The molecule has 0 aliphatic carbocycles. The summed E-state index contributed by atoms with van der Waals surface area (Å²) < 4.78 is 6.44. The number of aromatic hydroxyl groups is 1. The number of unbranched alkanes of at least 4 members (excludes halogenated alkanes) is 6. The SMILES string of the molecule is CCCCCCCCC/C(=C/CCC1(C)CCc2c(C)c(O)c(C)c(C)c2O1)[N+](=O)[O-]. The molecular formula is C26H41NO4. The number of nitro groups is 1. The molecule has 1 aliphatic rings. The van der Waals surface area contributed by atoms with Crippen LogP contribution in [0.5, 0.6) is 11.5 Å². The van der Waals surface area contributed by atoms with Crippen molar-refractivity contribution in [2.75, 3.05) is 0 Å². The Kier molecular flexibility index (Phi) is 9.39. The largest absolute Gasteiger partial charge is 0.507 e. The maximum Gasteiger partial charge on any atom is 0.242 e. The average molecular weight is 432 g/mol. The van der Waals surface area contributed by atoms with Crippen molar-refractivity contribution in [2.24, 2.45) is 0 Å². The molecule has 0 bridgehead atoms. The van der Waals surface area contributed by atoms with Crippen molar-refractivity contribution in [3.63, 3.8) is 0 Å². The molecule has 31 heavy (non-hydrogen) atoms. The summed E-state index contributed by atoms with van der Waals surface area (Å²) in [5.74, 6) is 1.26. The molecule has 1 aromatic rings. The first-order valence-corrected chi connectivity index (χ1v) is 12.0. The third-order valence-corrected chi connectivity index (χ3v) is 6.92. The minimum absolute atomic E-state index is 0.212. The second kappa shape index (κ2) is 11.5. The van der Waals surface area contributed by atoms with Gasteiger partial charge in [-0.15, -0.1) is 0 Å². The number of ether oxygens (including phenoxy) is 1. The van der Waals surface area contributed by atoms with E-state index in [4.69, 9.17) is 4.74 Å². The summed E-state index contributed by atoms with van der Waals surface area (Å²) in [5.41, 5.74) is 3.87. The summed E-state index contributed by atoms with van der Waals surface area (Å²) in [6.45, 7) is 10.2. The van der Waals surface area contributed by atoms with Gasteiger partial charge in [0, 0.05) is 12.0 Å². The summed E-state index contributed by atoms with van der Waals surface area (Å²) in [5, 5.41) is 21.8. The third-order valence-electron chi connectivity index (χ3n) is 6.92. The second-order valence-corrected chi connectivity index (χ2v) is 9.45. The van der Waals surface area contributed by atoms with E-state index in [1.165, 1.54) is 32.1 Å². The second-order valence-electron chi connectivity index (χ2n) is 9.45. The molecule has 1 unspecified atom stereocenters. The molecule has 0 aromatic heterocycles. The number of benzene rings is 1. The van der Waals surface area contributed by atoms with E-state index in [1.54, 1.807) is 6.08 Å². The standard InChI is InChI=1S/C26H41NO4/c1-6-7-8-9-10-11-12-14-22(27(29)30)15-13-17-26(5)18-16-23-21(4)24(28)19(2)20(3)25(23)31-26/h15,28H,6-14,16-18H2,1-5H3/b22-15-. The molecule has 174 valence electrons. The maximum atomic E-state index is 11.5. The summed E-state index contributed by atoms with van der Waals surface area (Å²) >= 11 is 0. The van der Waals surface area contributed by atoms with E-state index < -0.39 is 0 Å². The van der Waals surface area contributed by atoms with Gasteiger partial charge in [-0.3, -0.25) is 10.1 Å². The fraction of sp³-hybridized carbons (Fsp3) is 0.692. The number of rotatable bonds is 12. The smallest absolute Gasteiger partial charge is 0.242 e. The summed E-state index contributed by atoms with van der Waals surface area (Å²) in [7, 11) is 0. The van der Waals surface area contributed by atoms with E-state index in [-0.39, 0.29) is 10.5 Å². The number of hydrogen-bond acceptors (Lipinski definition) is 4. The highest BCUT2D eigenvalue weighted by Crippen LogP contribution is 2.44. The molecule has 5 heteroatoms. The Labute approximate surface area is 188 Å². The Morgan fingerprint density at radius 2 is 1.74 bits per heavy atom. The molecule has 1 aliphatic heterocycles. The first-order valence-electron chi connectivity index (χ1n) is 12.0. The highest BCUT2D eigenvalue weighted by atomic mass is 16.6. The Morgan fingerprint density at radius 3 is 2.39 bits per heavy atom. The molecule has 0 saturated carbocycles. The van der Waals surface area contributed by atoms with Crippen LogP contribution in [0.15, 0.2) is 11.8 Å². The molecule has 1 heterocycles. The number of fused-ring (bicyclic) bond motifs is 1. The number of phenolic OH excluding ortho intramolecular Hbond substituents is 1. The van der Waals surface area contributed by atoms with Crippen molar-refractivity contribution in [2.45, 2.75) is 117 Å². The lowest BCUT2D eigenvalue weighted by atomic mass is 9.85. The molecule has 5 nitrogen and oxygen atoms in total. The van der Waals surface area contributed by atoms with Gasteiger partial charge in [-0.2, -0.15) is 0 Å². The van der Waals surface area contributed by atoms with E-state index in [9.17, 15) is 15.2 Å². The van der Waals surface area contributed by atoms with Gasteiger partial charge in [0.1, 0.15) is 17.1 Å². The molecule has 1 N–H and O–H groups in total. The lowest BCUT2D eigenvalue weighted by Gasteiger charge is -2.38. The van der Waals surface area contributed by atoms with Gasteiger partial charge in [0.15, 0.2) is 0 Å². The first-order chi connectivity index (χ1) is 14.7. The fourth-order valence-electron chi connectivity index (χ4n) is 4.55. The quantitative estimate of drug-likeness (QED) is 0.211. The van der Waals surface area contributed by atoms with Crippen molar-refractivity contribution in [3.05, 3.63) is 44.1 Å². The van der Waals surface area contributed by atoms with Crippen molar-refractivity contribution < 1.29 is 14.8 Å². The predicted octanol–water partition coefficient (Wildman–Crippen LogP) is 7.48. The first kappa shape index (κ1) is 25.2. The molecule has 0 fully saturated rings. The average Bonchev–Trinajstić information content (AvgIpc) is 2.74. The molecule has 1 atom stereocenters. The van der Waals surface area contributed by atoms with Crippen LogP contribution in [0.2, 0.25) is 0 Å². The van der Waals surface area contributed by atoms with Gasteiger partial charge >= 0.3 is 0 Å². The van der Waals surface area contributed by atoms with Crippen LogP contribution in [0.1, 0.15) is 107 Å². The molecule has 2 rings (SSSR count). The number of phenols is 1. The highest BCUT2D eigenvalue weighted by molar-refractivity contribution is 5.58. The number of allylic oxidation sites excluding steroid dienone is 2. The van der Waals surface area contributed by atoms with E-state index >= 15 is 0 Å². The minimum Gasteiger partial charge on any atom is -0.507 e. The number of nitrogens with zero attached hydrogens (tertiary/aromatic N) is 1. The highest BCUT2D eigenvalue weighted by Gasteiger charge is 2.34.